The van der Waals surface area contributed by atoms with Crippen molar-refractivity contribution >= 4 is 29.2 Å². The van der Waals surface area contributed by atoms with E-state index in [1.807, 2.05) is 0 Å². The Labute approximate surface area is 144 Å². The molecule has 0 heterocycles. The number of rotatable bonds is 6. The third kappa shape index (κ3) is 3.78. The van der Waals surface area contributed by atoms with Gasteiger partial charge in [-0.15, -0.1) is 11.6 Å². The first kappa shape index (κ1) is 17.6. The number of methoxy groups -OCH3 is 2. The number of aromatic carboxylic acids is 1. The van der Waals surface area contributed by atoms with Crippen molar-refractivity contribution in [1.29, 1.82) is 0 Å². The summed E-state index contributed by atoms with van der Waals surface area (Å²) in [5.41, 5.74) is 0.965. The number of amides is 1. The highest BCUT2D eigenvalue weighted by molar-refractivity contribution is 6.17. The second kappa shape index (κ2) is 7.70. The normalized spacial score (nSPS) is 10.1. The van der Waals surface area contributed by atoms with Gasteiger partial charge in [0.2, 0.25) is 0 Å². The fourth-order valence-corrected chi connectivity index (χ4v) is 2.31. The lowest BCUT2D eigenvalue weighted by atomic mass is 10.1. The monoisotopic (exact) mass is 348 g/mol. The molecule has 1 amide bonds. The zero-order chi connectivity index (χ0) is 17.7. The van der Waals surface area contributed by atoms with Crippen LogP contribution in [0.1, 0.15) is 26.3 Å². The van der Waals surface area contributed by atoms with E-state index >= 15 is 0 Å². The molecule has 0 aliphatic heterocycles. The molecular formula is C17H15ClNO5-. The molecular weight excluding hydrogens is 334 g/mol. The van der Waals surface area contributed by atoms with Gasteiger partial charge < -0.3 is 24.7 Å². The molecule has 24 heavy (non-hydrogen) atoms. The van der Waals surface area contributed by atoms with Crippen molar-refractivity contribution in [3.8, 4) is 11.5 Å². The van der Waals surface area contributed by atoms with Gasteiger partial charge in [0.25, 0.3) is 5.91 Å². The molecule has 0 aliphatic carbocycles. The van der Waals surface area contributed by atoms with Crippen LogP contribution in [0.25, 0.3) is 0 Å². The van der Waals surface area contributed by atoms with Gasteiger partial charge in [-0.1, -0.05) is 12.1 Å². The summed E-state index contributed by atoms with van der Waals surface area (Å²) in [5.74, 6) is -1.15. The Bertz CT molecular complexity index is 776. The van der Waals surface area contributed by atoms with Crippen LogP contribution in [0.5, 0.6) is 11.5 Å². The molecule has 0 fully saturated rings. The first-order valence-corrected chi connectivity index (χ1v) is 7.47. The lowest BCUT2D eigenvalue weighted by molar-refractivity contribution is -0.254. The van der Waals surface area contributed by atoms with E-state index in [0.717, 1.165) is 5.56 Å². The van der Waals surface area contributed by atoms with Crippen LogP contribution in [-0.2, 0) is 5.88 Å². The standard InChI is InChI=1S/C17H16ClNO5/c1-23-14-7-12(17(21)22)13(8-15(14)24-2)19-16(20)11-5-3-4-10(6-11)9-18/h3-8H,9H2,1-2H3,(H,19,20)(H,21,22)/p-1. The van der Waals surface area contributed by atoms with E-state index in [2.05, 4.69) is 5.32 Å². The molecule has 0 bridgehead atoms. The van der Waals surface area contributed by atoms with Gasteiger partial charge in [0.05, 0.1) is 25.9 Å². The average Bonchev–Trinajstić information content (AvgIpc) is 2.60. The number of carboxylic acid groups (broad SMARTS) is 1. The van der Waals surface area contributed by atoms with E-state index in [1.165, 1.54) is 26.4 Å². The van der Waals surface area contributed by atoms with E-state index in [4.69, 9.17) is 21.1 Å². The summed E-state index contributed by atoms with van der Waals surface area (Å²) in [5, 5.41) is 13.9. The van der Waals surface area contributed by atoms with Crippen molar-refractivity contribution in [3.63, 3.8) is 0 Å². The number of carbonyl (C=O) groups is 2. The number of ether oxygens (including phenoxy) is 2. The van der Waals surface area contributed by atoms with Crippen LogP contribution in [0.3, 0.4) is 0 Å². The lowest BCUT2D eigenvalue weighted by Crippen LogP contribution is -2.25. The summed E-state index contributed by atoms with van der Waals surface area (Å²) in [6, 6.07) is 9.31. The summed E-state index contributed by atoms with van der Waals surface area (Å²) in [6.07, 6.45) is 0. The largest absolute Gasteiger partial charge is 0.545 e. The van der Waals surface area contributed by atoms with Crippen LogP contribution >= 0.6 is 11.6 Å². The van der Waals surface area contributed by atoms with Gasteiger partial charge in [-0.05, 0) is 23.8 Å². The Hall–Kier alpha value is -2.73. The summed E-state index contributed by atoms with van der Waals surface area (Å²) in [6.45, 7) is 0. The molecule has 0 saturated heterocycles. The quantitative estimate of drug-likeness (QED) is 0.807. The second-order valence-electron chi connectivity index (χ2n) is 4.83. The van der Waals surface area contributed by atoms with E-state index in [-0.39, 0.29) is 28.6 Å². The highest BCUT2D eigenvalue weighted by Gasteiger charge is 2.15. The van der Waals surface area contributed by atoms with E-state index in [9.17, 15) is 14.7 Å². The molecule has 2 aromatic carbocycles. The maximum Gasteiger partial charge on any atom is 0.255 e. The Morgan fingerprint density at radius 1 is 1.12 bits per heavy atom. The topological polar surface area (TPSA) is 87.7 Å². The molecule has 7 heteroatoms. The molecule has 0 atom stereocenters. The smallest absolute Gasteiger partial charge is 0.255 e. The molecule has 2 rings (SSSR count). The van der Waals surface area contributed by atoms with Crippen molar-refractivity contribution in [2.45, 2.75) is 5.88 Å². The zero-order valence-corrected chi connectivity index (χ0v) is 13.8. The first-order chi connectivity index (χ1) is 11.5. The number of anilines is 1. The van der Waals surface area contributed by atoms with Crippen LogP contribution < -0.4 is 19.9 Å². The number of nitrogens with one attached hydrogen (secondary N) is 1. The highest BCUT2D eigenvalue weighted by Crippen LogP contribution is 2.33. The highest BCUT2D eigenvalue weighted by atomic mass is 35.5. The third-order valence-corrected chi connectivity index (χ3v) is 3.64. The van der Waals surface area contributed by atoms with Crippen molar-refractivity contribution in [2.75, 3.05) is 19.5 Å². The molecule has 0 saturated carbocycles. The molecule has 0 aliphatic rings. The summed E-state index contributed by atoms with van der Waals surface area (Å²) in [4.78, 5) is 23.7. The van der Waals surface area contributed by atoms with Crippen LogP contribution in [-0.4, -0.2) is 26.1 Å². The molecule has 0 spiro atoms. The molecule has 0 unspecified atom stereocenters. The molecule has 126 valence electrons. The Kier molecular flexibility index (Phi) is 5.65. The fourth-order valence-electron chi connectivity index (χ4n) is 2.14. The SMILES string of the molecule is COc1cc(NC(=O)c2cccc(CCl)c2)c(C(=O)[O-])cc1OC. The Balaban J connectivity index is 2.40. The predicted molar refractivity (Wildman–Crippen MR) is 87.8 cm³/mol. The van der Waals surface area contributed by atoms with Gasteiger partial charge in [0.1, 0.15) is 0 Å². The molecule has 0 radical (unpaired) electrons. The Morgan fingerprint density at radius 3 is 2.38 bits per heavy atom. The Morgan fingerprint density at radius 2 is 1.79 bits per heavy atom. The average molecular weight is 349 g/mol. The minimum absolute atomic E-state index is 0.0499. The maximum absolute atomic E-state index is 12.4. The number of hydrogen-bond donors (Lipinski definition) is 1. The van der Waals surface area contributed by atoms with Gasteiger partial charge >= 0.3 is 0 Å². The lowest BCUT2D eigenvalue weighted by Gasteiger charge is -2.16. The molecule has 1 N–H and O–H groups in total. The minimum Gasteiger partial charge on any atom is -0.545 e. The van der Waals surface area contributed by atoms with E-state index < -0.39 is 11.9 Å². The van der Waals surface area contributed by atoms with Crippen molar-refractivity contribution in [2.24, 2.45) is 0 Å². The third-order valence-electron chi connectivity index (χ3n) is 3.34. The van der Waals surface area contributed by atoms with Crippen LogP contribution in [0.2, 0.25) is 0 Å². The van der Waals surface area contributed by atoms with Crippen LogP contribution in [0.4, 0.5) is 5.69 Å². The number of hydrogen-bond acceptors (Lipinski definition) is 5. The summed E-state index contributed by atoms with van der Waals surface area (Å²) < 4.78 is 10.2. The number of benzene rings is 2. The fraction of sp³-hybridized carbons (Fsp3) is 0.176. The van der Waals surface area contributed by atoms with Gasteiger partial charge in [-0.2, -0.15) is 0 Å². The number of halogens is 1. The predicted octanol–water partition coefficient (Wildman–Crippen LogP) is 2.06. The molecule has 2 aromatic rings. The van der Waals surface area contributed by atoms with Crippen molar-refractivity contribution in [1.82, 2.24) is 0 Å². The van der Waals surface area contributed by atoms with E-state index in [1.54, 1.807) is 24.3 Å². The second-order valence-corrected chi connectivity index (χ2v) is 5.10. The van der Waals surface area contributed by atoms with Gasteiger partial charge in [-0.3, -0.25) is 4.79 Å². The number of alkyl halides is 1. The van der Waals surface area contributed by atoms with Crippen molar-refractivity contribution < 1.29 is 24.2 Å². The van der Waals surface area contributed by atoms with E-state index in [0.29, 0.717) is 5.56 Å². The van der Waals surface area contributed by atoms with Crippen molar-refractivity contribution in [3.05, 3.63) is 53.1 Å². The van der Waals surface area contributed by atoms with Gasteiger partial charge in [-0.25, -0.2) is 0 Å². The van der Waals surface area contributed by atoms with Crippen LogP contribution in [0.15, 0.2) is 36.4 Å². The van der Waals surface area contributed by atoms with Gasteiger partial charge in [0, 0.05) is 23.1 Å². The maximum atomic E-state index is 12.4. The van der Waals surface area contributed by atoms with Crippen LogP contribution in [0, 0.1) is 0 Å². The number of carbonyl (C=O) groups excluding carboxylic acids is 2. The first-order valence-electron chi connectivity index (χ1n) is 6.93. The molecule has 0 aromatic heterocycles. The van der Waals surface area contributed by atoms with Gasteiger partial charge in [0.15, 0.2) is 11.5 Å². The number of carboxylic acids is 1. The minimum atomic E-state index is -1.44. The molecule has 6 nitrogen and oxygen atoms in total. The zero-order valence-electron chi connectivity index (χ0n) is 13.1. The summed E-state index contributed by atoms with van der Waals surface area (Å²) >= 11 is 5.76. The summed E-state index contributed by atoms with van der Waals surface area (Å²) in [7, 11) is 2.79.